The average Bonchev–Trinajstić information content (AvgIpc) is 2.99. The minimum atomic E-state index is -0.0254. The van der Waals surface area contributed by atoms with Gasteiger partial charge in [0.25, 0.3) is 0 Å². The Labute approximate surface area is 130 Å². The molecule has 1 aliphatic rings. The number of benzene rings is 1. The van der Waals surface area contributed by atoms with Crippen molar-refractivity contribution >= 4 is 17.5 Å². The fraction of sp³-hybridized carbons (Fsp3) is 0.278. The normalized spacial score (nSPS) is 15.4. The Morgan fingerprint density at radius 3 is 2.45 bits per heavy atom. The molecular weight excluding hydrogens is 278 g/mol. The van der Waals surface area contributed by atoms with E-state index in [0.29, 0.717) is 11.3 Å². The maximum Gasteiger partial charge on any atom is 0.185 e. The number of rotatable bonds is 4. The molecule has 1 aromatic heterocycles. The summed E-state index contributed by atoms with van der Waals surface area (Å²) in [4.78, 5) is 14.4. The van der Waals surface area contributed by atoms with Gasteiger partial charge in [-0.05, 0) is 55.5 Å². The molecule has 1 fully saturated rings. The molecule has 0 atom stereocenters. The molecule has 1 aliphatic heterocycles. The van der Waals surface area contributed by atoms with E-state index in [1.165, 1.54) is 0 Å². The number of carbonyl (C=O) groups is 1. The largest absolute Gasteiger partial charge is 0.462 e. The Bertz CT molecular complexity index is 664. The van der Waals surface area contributed by atoms with Crippen LogP contribution in [0.5, 0.6) is 0 Å². The Morgan fingerprint density at radius 2 is 1.82 bits per heavy atom. The molecule has 2 heterocycles. The van der Waals surface area contributed by atoms with Gasteiger partial charge in [0.15, 0.2) is 5.78 Å². The van der Waals surface area contributed by atoms with Gasteiger partial charge in [0.05, 0.1) is 13.2 Å². The van der Waals surface area contributed by atoms with Crippen molar-refractivity contribution in [2.75, 3.05) is 31.2 Å². The Balaban J connectivity index is 1.66. The second-order valence-corrected chi connectivity index (χ2v) is 5.29. The summed E-state index contributed by atoms with van der Waals surface area (Å²) >= 11 is 0. The zero-order chi connectivity index (χ0) is 15.4. The van der Waals surface area contributed by atoms with Gasteiger partial charge in [-0.25, -0.2) is 0 Å². The fourth-order valence-corrected chi connectivity index (χ4v) is 2.46. The van der Waals surface area contributed by atoms with E-state index in [0.717, 1.165) is 37.8 Å². The smallest absolute Gasteiger partial charge is 0.185 e. The Hall–Kier alpha value is -2.33. The monoisotopic (exact) mass is 297 g/mol. The molecule has 0 bridgehead atoms. The first-order valence-corrected chi connectivity index (χ1v) is 7.44. The van der Waals surface area contributed by atoms with Crippen molar-refractivity contribution in [2.24, 2.45) is 0 Å². The molecule has 0 amide bonds. The number of anilines is 1. The van der Waals surface area contributed by atoms with E-state index in [2.05, 4.69) is 4.90 Å². The number of nitrogens with zero attached hydrogens (tertiary/aromatic N) is 1. The molecule has 2 aromatic rings. The molecule has 1 aromatic carbocycles. The van der Waals surface area contributed by atoms with E-state index in [4.69, 9.17) is 9.15 Å². The predicted molar refractivity (Wildman–Crippen MR) is 86.3 cm³/mol. The van der Waals surface area contributed by atoms with E-state index in [-0.39, 0.29) is 5.78 Å². The second kappa shape index (κ2) is 6.62. The number of hydrogen-bond acceptors (Lipinski definition) is 4. The zero-order valence-corrected chi connectivity index (χ0v) is 12.6. The molecule has 1 saturated heterocycles. The second-order valence-electron chi connectivity index (χ2n) is 5.29. The van der Waals surface area contributed by atoms with Crippen LogP contribution in [0.25, 0.3) is 6.08 Å². The zero-order valence-electron chi connectivity index (χ0n) is 12.6. The molecule has 114 valence electrons. The van der Waals surface area contributed by atoms with Crippen molar-refractivity contribution in [3.63, 3.8) is 0 Å². The molecule has 4 nitrogen and oxygen atoms in total. The number of morpholine rings is 1. The lowest BCUT2D eigenvalue weighted by Crippen LogP contribution is -2.36. The average molecular weight is 297 g/mol. The molecule has 22 heavy (non-hydrogen) atoms. The summed E-state index contributed by atoms with van der Waals surface area (Å²) < 4.78 is 10.8. The highest BCUT2D eigenvalue weighted by molar-refractivity contribution is 6.06. The SMILES string of the molecule is Cc1ccc(/C=C/C(=O)c2ccc(N3CCOCC3)cc2)o1. The highest BCUT2D eigenvalue weighted by Gasteiger charge is 2.11. The highest BCUT2D eigenvalue weighted by Crippen LogP contribution is 2.17. The van der Waals surface area contributed by atoms with Crippen LogP contribution < -0.4 is 4.90 Å². The molecule has 4 heteroatoms. The van der Waals surface area contributed by atoms with Crippen LogP contribution in [0.15, 0.2) is 46.9 Å². The first-order chi connectivity index (χ1) is 10.7. The van der Waals surface area contributed by atoms with Gasteiger partial charge >= 0.3 is 0 Å². The lowest BCUT2D eigenvalue weighted by Gasteiger charge is -2.28. The quantitative estimate of drug-likeness (QED) is 0.641. The maximum absolute atomic E-state index is 12.2. The molecule has 0 spiro atoms. The number of aryl methyl sites for hydroxylation is 1. The van der Waals surface area contributed by atoms with E-state index < -0.39 is 0 Å². The van der Waals surface area contributed by atoms with Crippen LogP contribution in [0.1, 0.15) is 21.9 Å². The summed E-state index contributed by atoms with van der Waals surface area (Å²) in [5, 5.41) is 0. The fourth-order valence-electron chi connectivity index (χ4n) is 2.46. The van der Waals surface area contributed by atoms with Crippen LogP contribution in [-0.4, -0.2) is 32.1 Å². The van der Waals surface area contributed by atoms with Crippen LogP contribution in [-0.2, 0) is 4.74 Å². The van der Waals surface area contributed by atoms with Crippen molar-refractivity contribution in [3.05, 3.63) is 59.6 Å². The molecular formula is C18H19NO3. The molecule has 0 aliphatic carbocycles. The van der Waals surface area contributed by atoms with Gasteiger partial charge in [-0.2, -0.15) is 0 Å². The van der Waals surface area contributed by atoms with E-state index in [9.17, 15) is 4.79 Å². The van der Waals surface area contributed by atoms with Crippen molar-refractivity contribution in [1.29, 1.82) is 0 Å². The predicted octanol–water partition coefficient (Wildman–Crippen LogP) is 3.32. The minimum absolute atomic E-state index is 0.0254. The Morgan fingerprint density at radius 1 is 1.09 bits per heavy atom. The minimum Gasteiger partial charge on any atom is -0.462 e. The van der Waals surface area contributed by atoms with Gasteiger partial charge in [0.1, 0.15) is 11.5 Å². The van der Waals surface area contributed by atoms with Gasteiger partial charge in [0, 0.05) is 24.3 Å². The van der Waals surface area contributed by atoms with Gasteiger partial charge < -0.3 is 14.1 Å². The van der Waals surface area contributed by atoms with Gasteiger partial charge in [-0.15, -0.1) is 0 Å². The molecule has 0 radical (unpaired) electrons. The van der Waals surface area contributed by atoms with Crippen LogP contribution in [0.2, 0.25) is 0 Å². The van der Waals surface area contributed by atoms with Gasteiger partial charge in [-0.1, -0.05) is 0 Å². The van der Waals surface area contributed by atoms with Crippen LogP contribution >= 0.6 is 0 Å². The lowest BCUT2D eigenvalue weighted by atomic mass is 10.1. The molecule has 0 saturated carbocycles. The van der Waals surface area contributed by atoms with Gasteiger partial charge in [-0.3, -0.25) is 4.79 Å². The standard InChI is InChI=1S/C18H19NO3/c1-14-2-7-17(22-14)8-9-18(20)15-3-5-16(6-4-15)19-10-12-21-13-11-19/h2-9H,10-13H2,1H3/b9-8+. The third kappa shape index (κ3) is 3.46. The Kier molecular flexibility index (Phi) is 4.39. The first-order valence-electron chi connectivity index (χ1n) is 7.44. The van der Waals surface area contributed by atoms with Crippen molar-refractivity contribution < 1.29 is 13.9 Å². The number of ether oxygens (including phenoxy) is 1. The third-order valence-electron chi connectivity index (χ3n) is 3.69. The lowest BCUT2D eigenvalue weighted by molar-refractivity contribution is 0.104. The molecule has 0 N–H and O–H groups in total. The van der Waals surface area contributed by atoms with E-state index in [1.807, 2.05) is 43.3 Å². The van der Waals surface area contributed by atoms with Crippen molar-refractivity contribution in [1.82, 2.24) is 0 Å². The summed E-state index contributed by atoms with van der Waals surface area (Å²) in [7, 11) is 0. The number of ketones is 1. The number of carbonyl (C=O) groups excluding carboxylic acids is 1. The summed E-state index contributed by atoms with van der Waals surface area (Å²) in [6.45, 7) is 5.18. The molecule has 0 unspecified atom stereocenters. The first kappa shape index (κ1) is 14.6. The van der Waals surface area contributed by atoms with E-state index >= 15 is 0 Å². The maximum atomic E-state index is 12.2. The number of hydrogen-bond donors (Lipinski definition) is 0. The summed E-state index contributed by atoms with van der Waals surface area (Å²) in [6.07, 6.45) is 3.24. The van der Waals surface area contributed by atoms with Gasteiger partial charge in [0.2, 0.25) is 0 Å². The molecule has 3 rings (SSSR count). The van der Waals surface area contributed by atoms with Crippen LogP contribution in [0.4, 0.5) is 5.69 Å². The summed E-state index contributed by atoms with van der Waals surface area (Å²) in [6, 6.07) is 11.4. The highest BCUT2D eigenvalue weighted by atomic mass is 16.5. The summed E-state index contributed by atoms with van der Waals surface area (Å²) in [5.74, 6) is 1.50. The van der Waals surface area contributed by atoms with Crippen molar-refractivity contribution in [2.45, 2.75) is 6.92 Å². The van der Waals surface area contributed by atoms with E-state index in [1.54, 1.807) is 12.2 Å². The number of allylic oxidation sites excluding steroid dienone is 1. The third-order valence-corrected chi connectivity index (χ3v) is 3.69. The van der Waals surface area contributed by atoms with Crippen LogP contribution in [0.3, 0.4) is 0 Å². The number of furan rings is 1. The van der Waals surface area contributed by atoms with Crippen molar-refractivity contribution in [3.8, 4) is 0 Å². The van der Waals surface area contributed by atoms with Crippen LogP contribution in [0, 0.1) is 6.92 Å². The topological polar surface area (TPSA) is 42.7 Å². The summed E-state index contributed by atoms with van der Waals surface area (Å²) in [5.41, 5.74) is 1.81.